The Morgan fingerprint density at radius 3 is 2.26 bits per heavy atom. The molecule has 3 heteroatoms. The number of benzene rings is 1. The molecular weight excluding hydrogens is 240 g/mol. The predicted molar refractivity (Wildman–Crippen MR) is 76.2 cm³/mol. The second-order valence-electron chi connectivity index (χ2n) is 6.28. The summed E-state index contributed by atoms with van der Waals surface area (Å²) in [5, 5.41) is 0. The molecule has 0 unspecified atom stereocenters. The van der Waals surface area contributed by atoms with E-state index >= 15 is 0 Å². The van der Waals surface area contributed by atoms with Crippen LogP contribution in [0.3, 0.4) is 0 Å². The average Bonchev–Trinajstić information content (AvgIpc) is 3.04. The molecule has 106 valence electrons. The first-order valence-electron chi connectivity index (χ1n) is 7.00. The highest BCUT2D eigenvalue weighted by molar-refractivity contribution is 5.51. The van der Waals surface area contributed by atoms with Crippen LogP contribution in [-0.4, -0.2) is 17.8 Å². The Morgan fingerprint density at radius 2 is 1.74 bits per heavy atom. The van der Waals surface area contributed by atoms with E-state index in [2.05, 4.69) is 0 Å². The Bertz CT molecular complexity index is 406. The van der Waals surface area contributed by atoms with Crippen molar-refractivity contribution in [1.29, 1.82) is 0 Å². The van der Waals surface area contributed by atoms with Crippen molar-refractivity contribution in [3.05, 3.63) is 18.2 Å². The fourth-order valence-corrected chi connectivity index (χ4v) is 1.71. The van der Waals surface area contributed by atoms with Crippen LogP contribution in [-0.2, 0) is 0 Å². The standard InChI is InChI=1S/C16H24O3/c1-11(2)17-13-7-6-8-14(18-12-9-10-12)15(13)19-16(3,4)5/h6-8,11-12H,9-10H2,1-5H3. The monoisotopic (exact) mass is 264 g/mol. The van der Waals surface area contributed by atoms with Crippen LogP contribution in [0, 0.1) is 0 Å². The van der Waals surface area contributed by atoms with Gasteiger partial charge in [0.05, 0.1) is 12.2 Å². The van der Waals surface area contributed by atoms with Gasteiger partial charge in [0.25, 0.3) is 0 Å². The van der Waals surface area contributed by atoms with E-state index in [1.807, 2.05) is 52.8 Å². The van der Waals surface area contributed by atoms with Gasteiger partial charge < -0.3 is 14.2 Å². The van der Waals surface area contributed by atoms with Crippen LogP contribution in [0.15, 0.2) is 18.2 Å². The number of hydrogen-bond acceptors (Lipinski definition) is 3. The van der Waals surface area contributed by atoms with Gasteiger partial charge in [-0.15, -0.1) is 0 Å². The smallest absolute Gasteiger partial charge is 0.204 e. The number of para-hydroxylation sites is 1. The molecule has 1 fully saturated rings. The van der Waals surface area contributed by atoms with Gasteiger partial charge in [0.2, 0.25) is 5.75 Å². The molecule has 0 N–H and O–H groups in total. The van der Waals surface area contributed by atoms with Gasteiger partial charge in [0, 0.05) is 0 Å². The maximum atomic E-state index is 6.04. The molecule has 0 amide bonds. The normalized spacial score (nSPS) is 15.5. The lowest BCUT2D eigenvalue weighted by Crippen LogP contribution is -2.24. The van der Waals surface area contributed by atoms with Crippen LogP contribution < -0.4 is 14.2 Å². The Morgan fingerprint density at radius 1 is 1.11 bits per heavy atom. The number of hydrogen-bond donors (Lipinski definition) is 0. The topological polar surface area (TPSA) is 27.7 Å². The molecule has 0 aromatic heterocycles. The van der Waals surface area contributed by atoms with Gasteiger partial charge in [0.15, 0.2) is 11.5 Å². The van der Waals surface area contributed by atoms with Crippen molar-refractivity contribution >= 4 is 0 Å². The summed E-state index contributed by atoms with van der Waals surface area (Å²) in [5.41, 5.74) is -0.280. The molecule has 0 atom stereocenters. The highest BCUT2D eigenvalue weighted by atomic mass is 16.6. The SMILES string of the molecule is CC(C)Oc1cccc(OC2CC2)c1OC(C)(C)C. The summed E-state index contributed by atoms with van der Waals surface area (Å²) in [5.74, 6) is 2.26. The Hall–Kier alpha value is -1.38. The minimum absolute atomic E-state index is 0.110. The number of rotatable bonds is 5. The number of ether oxygens (including phenoxy) is 3. The molecule has 1 aliphatic rings. The quantitative estimate of drug-likeness (QED) is 0.798. The van der Waals surface area contributed by atoms with Gasteiger partial charge in [-0.2, -0.15) is 0 Å². The summed E-state index contributed by atoms with van der Waals surface area (Å²) in [4.78, 5) is 0. The van der Waals surface area contributed by atoms with Gasteiger partial charge in [-0.3, -0.25) is 0 Å². The van der Waals surface area contributed by atoms with Crippen LogP contribution in [0.4, 0.5) is 0 Å². The molecule has 1 aromatic carbocycles. The largest absolute Gasteiger partial charge is 0.487 e. The third kappa shape index (κ3) is 4.34. The molecule has 19 heavy (non-hydrogen) atoms. The Kier molecular flexibility index (Phi) is 3.93. The van der Waals surface area contributed by atoms with Gasteiger partial charge in [-0.1, -0.05) is 6.07 Å². The molecule has 0 heterocycles. The highest BCUT2D eigenvalue weighted by Gasteiger charge is 2.27. The van der Waals surface area contributed by atoms with Crippen LogP contribution in [0.25, 0.3) is 0 Å². The van der Waals surface area contributed by atoms with Gasteiger partial charge in [-0.25, -0.2) is 0 Å². The summed E-state index contributed by atoms with van der Waals surface area (Å²) in [6.07, 6.45) is 2.71. The van der Waals surface area contributed by atoms with E-state index in [9.17, 15) is 0 Å². The summed E-state index contributed by atoms with van der Waals surface area (Å²) in [7, 11) is 0. The minimum Gasteiger partial charge on any atom is -0.487 e. The maximum absolute atomic E-state index is 6.04. The molecule has 0 aliphatic heterocycles. The average molecular weight is 264 g/mol. The fourth-order valence-electron chi connectivity index (χ4n) is 1.71. The molecule has 1 saturated carbocycles. The van der Waals surface area contributed by atoms with E-state index in [1.54, 1.807) is 0 Å². The van der Waals surface area contributed by atoms with Crippen molar-refractivity contribution in [3.8, 4) is 17.2 Å². The molecule has 3 nitrogen and oxygen atoms in total. The van der Waals surface area contributed by atoms with E-state index in [-0.39, 0.29) is 11.7 Å². The van der Waals surface area contributed by atoms with Crippen LogP contribution in [0.5, 0.6) is 17.2 Å². The second-order valence-corrected chi connectivity index (χ2v) is 6.28. The molecule has 1 aliphatic carbocycles. The highest BCUT2D eigenvalue weighted by Crippen LogP contribution is 2.42. The zero-order valence-electron chi connectivity index (χ0n) is 12.5. The van der Waals surface area contributed by atoms with Crippen LogP contribution >= 0.6 is 0 Å². The molecule has 0 bridgehead atoms. The van der Waals surface area contributed by atoms with E-state index in [0.29, 0.717) is 6.10 Å². The lowest BCUT2D eigenvalue weighted by Gasteiger charge is -2.25. The first kappa shape index (κ1) is 14.0. The van der Waals surface area contributed by atoms with Gasteiger partial charge >= 0.3 is 0 Å². The van der Waals surface area contributed by atoms with Crippen molar-refractivity contribution < 1.29 is 14.2 Å². The molecule has 0 saturated heterocycles. The Balaban J connectivity index is 2.29. The first-order valence-corrected chi connectivity index (χ1v) is 7.00. The summed E-state index contributed by atoms with van der Waals surface area (Å²) >= 11 is 0. The van der Waals surface area contributed by atoms with Crippen LogP contribution in [0.2, 0.25) is 0 Å². The second kappa shape index (κ2) is 5.32. The maximum Gasteiger partial charge on any atom is 0.204 e. The van der Waals surface area contributed by atoms with Crippen molar-refractivity contribution in [2.75, 3.05) is 0 Å². The lowest BCUT2D eigenvalue weighted by molar-refractivity contribution is 0.111. The Labute approximate surface area is 115 Å². The fraction of sp³-hybridized carbons (Fsp3) is 0.625. The summed E-state index contributed by atoms with van der Waals surface area (Å²) < 4.78 is 17.8. The minimum atomic E-state index is -0.280. The summed E-state index contributed by atoms with van der Waals surface area (Å²) in [6.45, 7) is 10.1. The zero-order chi connectivity index (χ0) is 14.0. The zero-order valence-corrected chi connectivity index (χ0v) is 12.5. The summed E-state index contributed by atoms with van der Waals surface area (Å²) in [6, 6.07) is 5.83. The third-order valence-corrected chi connectivity index (χ3v) is 2.53. The molecular formula is C16H24O3. The molecule has 2 rings (SSSR count). The molecule has 0 radical (unpaired) electrons. The van der Waals surface area contributed by atoms with Gasteiger partial charge in [0.1, 0.15) is 5.60 Å². The van der Waals surface area contributed by atoms with Crippen molar-refractivity contribution in [1.82, 2.24) is 0 Å². The van der Waals surface area contributed by atoms with Crippen molar-refractivity contribution in [2.24, 2.45) is 0 Å². The van der Waals surface area contributed by atoms with E-state index in [1.165, 1.54) is 0 Å². The van der Waals surface area contributed by atoms with Gasteiger partial charge in [-0.05, 0) is 59.6 Å². The van der Waals surface area contributed by atoms with Crippen LogP contribution in [0.1, 0.15) is 47.5 Å². The van der Waals surface area contributed by atoms with Crippen molar-refractivity contribution in [3.63, 3.8) is 0 Å². The van der Waals surface area contributed by atoms with E-state index in [4.69, 9.17) is 14.2 Å². The van der Waals surface area contributed by atoms with Crippen molar-refractivity contribution in [2.45, 2.75) is 65.3 Å². The molecule has 0 spiro atoms. The third-order valence-electron chi connectivity index (χ3n) is 2.53. The molecule has 1 aromatic rings. The van der Waals surface area contributed by atoms with E-state index in [0.717, 1.165) is 30.1 Å². The lowest BCUT2D eigenvalue weighted by atomic mass is 10.2. The first-order chi connectivity index (χ1) is 8.85. The van der Waals surface area contributed by atoms with E-state index < -0.39 is 0 Å². The predicted octanol–water partition coefficient (Wildman–Crippen LogP) is 4.19.